The number of nitrogens with zero attached hydrogens (tertiary/aromatic N) is 1. The number of aliphatic hydroxyl groups excluding tert-OH is 1. The first-order valence-corrected chi connectivity index (χ1v) is 13.7. The number of nitrogens with one attached hydrogen (secondary N) is 1. The normalized spacial score (nSPS) is 24.0. The van der Waals surface area contributed by atoms with E-state index in [1.165, 1.54) is 11.1 Å². The Morgan fingerprint density at radius 3 is 2.67 bits per heavy atom. The largest absolute Gasteiger partial charge is 0.487 e. The topological polar surface area (TPSA) is 107 Å². The summed E-state index contributed by atoms with van der Waals surface area (Å²) in [5.74, 6) is 1.60. The van der Waals surface area contributed by atoms with E-state index in [9.17, 15) is 14.7 Å². The lowest BCUT2D eigenvalue weighted by molar-refractivity contribution is -0.149. The Morgan fingerprint density at radius 2 is 1.80 bits per heavy atom. The van der Waals surface area contributed by atoms with Gasteiger partial charge in [-0.15, -0.1) is 0 Å². The van der Waals surface area contributed by atoms with Crippen molar-refractivity contribution in [1.29, 1.82) is 0 Å². The Bertz CT molecular complexity index is 1470. The van der Waals surface area contributed by atoms with Crippen LogP contribution in [0.15, 0.2) is 60.7 Å². The number of hydrogen-bond donors (Lipinski definition) is 2. The van der Waals surface area contributed by atoms with Crippen LogP contribution in [-0.2, 0) is 22.5 Å². The smallest absolute Gasteiger partial charge is 0.255 e. The second-order valence-corrected chi connectivity index (χ2v) is 10.7. The summed E-state index contributed by atoms with van der Waals surface area (Å²) in [7, 11) is 0. The Labute approximate surface area is 231 Å². The first kappa shape index (κ1) is 24.9. The van der Waals surface area contributed by atoms with Crippen LogP contribution in [0.3, 0.4) is 0 Å². The van der Waals surface area contributed by atoms with E-state index in [1.807, 2.05) is 29.2 Å². The number of fused-ring (bicyclic) bond motifs is 5. The highest BCUT2D eigenvalue weighted by Crippen LogP contribution is 2.47. The maximum absolute atomic E-state index is 13.3. The molecule has 3 aromatic carbocycles. The molecule has 3 aromatic rings. The number of carbonyl (C=O) groups is 2. The number of ether oxygens (including phenoxy) is 4. The SMILES string of the molecule is O=C(Nc1ccc2c(c1)[C@@H]1C[C@@H](CC(=O)N3CCc4ccccc4C3)O[C@@H](CO)[C@@H]1O2)c1ccc2c(c1)OCO2. The van der Waals surface area contributed by atoms with E-state index < -0.39 is 6.10 Å². The van der Waals surface area contributed by atoms with E-state index >= 15 is 0 Å². The van der Waals surface area contributed by atoms with Gasteiger partial charge in [0.25, 0.3) is 5.91 Å². The summed E-state index contributed by atoms with van der Waals surface area (Å²) in [5, 5.41) is 13.1. The van der Waals surface area contributed by atoms with Gasteiger partial charge in [0.05, 0.1) is 19.1 Å². The molecule has 4 heterocycles. The fourth-order valence-electron chi connectivity index (χ4n) is 6.24. The van der Waals surface area contributed by atoms with Crippen molar-refractivity contribution < 1.29 is 33.6 Å². The summed E-state index contributed by atoms with van der Waals surface area (Å²) in [6, 6.07) is 18.9. The molecule has 0 aliphatic carbocycles. The molecule has 0 saturated carbocycles. The molecule has 4 aliphatic rings. The third-order valence-electron chi connectivity index (χ3n) is 8.28. The standard InChI is InChI=1S/C31H30N2O7/c34-16-28-30-24(13-22(39-28)14-29(35)33-10-9-18-3-1-2-4-20(18)15-33)23-12-21(6-8-25(23)40-30)32-31(36)19-5-7-26-27(11-19)38-17-37-26/h1-8,11-12,22,24,28,30,34H,9-10,13-17H2,(H,32,36)/t22-,24-,28-,30+/m0/s1. The number of hydrogen-bond acceptors (Lipinski definition) is 7. The van der Waals surface area contributed by atoms with Crippen LogP contribution >= 0.6 is 0 Å². The lowest BCUT2D eigenvalue weighted by Gasteiger charge is -2.38. The maximum Gasteiger partial charge on any atom is 0.255 e. The van der Waals surface area contributed by atoms with Crippen molar-refractivity contribution in [1.82, 2.24) is 4.90 Å². The molecule has 7 rings (SSSR count). The van der Waals surface area contributed by atoms with E-state index in [1.54, 1.807) is 24.3 Å². The molecule has 0 aromatic heterocycles. The van der Waals surface area contributed by atoms with Gasteiger partial charge in [0.1, 0.15) is 18.0 Å². The van der Waals surface area contributed by atoms with Crippen molar-refractivity contribution in [2.24, 2.45) is 0 Å². The molecule has 1 saturated heterocycles. The fraction of sp³-hybridized carbons (Fsp3) is 0.355. The van der Waals surface area contributed by atoms with Crippen LogP contribution in [-0.4, -0.2) is 60.1 Å². The number of amides is 2. The number of aliphatic hydroxyl groups is 1. The molecular formula is C31H30N2O7. The molecule has 0 unspecified atom stereocenters. The van der Waals surface area contributed by atoms with E-state index in [4.69, 9.17) is 18.9 Å². The van der Waals surface area contributed by atoms with E-state index in [0.29, 0.717) is 48.0 Å². The van der Waals surface area contributed by atoms with Crippen LogP contribution in [0.1, 0.15) is 45.8 Å². The molecule has 9 heteroatoms. The van der Waals surface area contributed by atoms with Crippen LogP contribution in [0, 0.1) is 0 Å². The minimum Gasteiger partial charge on any atom is -0.487 e. The minimum atomic E-state index is -0.544. The molecule has 1 fully saturated rings. The molecule has 9 nitrogen and oxygen atoms in total. The molecule has 0 bridgehead atoms. The first-order chi connectivity index (χ1) is 19.6. The third-order valence-corrected chi connectivity index (χ3v) is 8.28. The predicted octanol–water partition coefficient (Wildman–Crippen LogP) is 3.64. The van der Waals surface area contributed by atoms with Crippen LogP contribution < -0.4 is 19.5 Å². The van der Waals surface area contributed by atoms with Gasteiger partial charge >= 0.3 is 0 Å². The maximum atomic E-state index is 13.3. The van der Waals surface area contributed by atoms with Gasteiger partial charge in [0.15, 0.2) is 11.5 Å². The van der Waals surface area contributed by atoms with Crippen LogP contribution in [0.2, 0.25) is 0 Å². The van der Waals surface area contributed by atoms with Crippen molar-refractivity contribution in [2.75, 3.05) is 25.3 Å². The van der Waals surface area contributed by atoms with Gasteiger partial charge in [-0.3, -0.25) is 9.59 Å². The molecule has 0 radical (unpaired) electrons. The van der Waals surface area contributed by atoms with Crippen LogP contribution in [0.25, 0.3) is 0 Å². The second kappa shape index (κ2) is 10.1. The van der Waals surface area contributed by atoms with Gasteiger partial charge in [0, 0.05) is 35.8 Å². The van der Waals surface area contributed by atoms with Crippen molar-refractivity contribution in [3.05, 3.63) is 82.9 Å². The molecular weight excluding hydrogens is 512 g/mol. The highest BCUT2D eigenvalue weighted by molar-refractivity contribution is 6.04. The van der Waals surface area contributed by atoms with E-state index in [-0.39, 0.29) is 49.8 Å². The van der Waals surface area contributed by atoms with Gasteiger partial charge in [0.2, 0.25) is 12.7 Å². The van der Waals surface area contributed by atoms with Gasteiger partial charge in [-0.2, -0.15) is 0 Å². The zero-order valence-corrected chi connectivity index (χ0v) is 21.9. The first-order valence-electron chi connectivity index (χ1n) is 13.7. The van der Waals surface area contributed by atoms with Crippen molar-refractivity contribution >= 4 is 17.5 Å². The number of benzene rings is 3. The molecule has 4 atom stereocenters. The Hall–Kier alpha value is -4.08. The van der Waals surface area contributed by atoms with E-state index in [2.05, 4.69) is 17.4 Å². The van der Waals surface area contributed by atoms with Gasteiger partial charge in [-0.05, 0) is 60.4 Å². The lowest BCUT2D eigenvalue weighted by atomic mass is 9.84. The monoisotopic (exact) mass is 542 g/mol. The van der Waals surface area contributed by atoms with Crippen molar-refractivity contribution in [3.63, 3.8) is 0 Å². The summed E-state index contributed by atoms with van der Waals surface area (Å²) < 4.78 is 23.1. The molecule has 2 amide bonds. The van der Waals surface area contributed by atoms with Crippen molar-refractivity contribution in [3.8, 4) is 17.2 Å². The average Bonchev–Trinajstić information content (AvgIpc) is 3.60. The van der Waals surface area contributed by atoms with Crippen LogP contribution in [0.5, 0.6) is 17.2 Å². The lowest BCUT2D eigenvalue weighted by Crippen LogP contribution is -2.48. The summed E-state index contributed by atoms with van der Waals surface area (Å²) in [6.07, 6.45) is 0.441. The Morgan fingerprint density at radius 1 is 0.975 bits per heavy atom. The highest BCUT2D eigenvalue weighted by atomic mass is 16.7. The van der Waals surface area contributed by atoms with Gasteiger partial charge < -0.3 is 34.3 Å². The number of rotatable bonds is 5. The number of carbonyl (C=O) groups excluding carboxylic acids is 2. The molecule has 0 spiro atoms. The molecule has 40 heavy (non-hydrogen) atoms. The summed E-state index contributed by atoms with van der Waals surface area (Å²) in [6.45, 7) is 1.24. The van der Waals surface area contributed by atoms with Crippen molar-refractivity contribution in [2.45, 2.75) is 50.0 Å². The fourth-order valence-corrected chi connectivity index (χ4v) is 6.24. The zero-order chi connectivity index (χ0) is 27.2. The average molecular weight is 543 g/mol. The molecule has 2 N–H and O–H groups in total. The molecule has 4 aliphatic heterocycles. The van der Waals surface area contributed by atoms with Gasteiger partial charge in [-0.1, -0.05) is 24.3 Å². The van der Waals surface area contributed by atoms with E-state index in [0.717, 1.165) is 12.0 Å². The Kier molecular flexibility index (Phi) is 6.32. The minimum absolute atomic E-state index is 0.0542. The second-order valence-electron chi connectivity index (χ2n) is 10.7. The summed E-state index contributed by atoms with van der Waals surface area (Å²) in [5.41, 5.74) is 4.53. The highest BCUT2D eigenvalue weighted by Gasteiger charge is 2.46. The summed E-state index contributed by atoms with van der Waals surface area (Å²) in [4.78, 5) is 28.1. The zero-order valence-electron chi connectivity index (χ0n) is 21.9. The quantitative estimate of drug-likeness (QED) is 0.507. The van der Waals surface area contributed by atoms with Crippen LogP contribution in [0.4, 0.5) is 5.69 Å². The molecule has 206 valence electrons. The Balaban J connectivity index is 1.05. The number of anilines is 1. The van der Waals surface area contributed by atoms with Gasteiger partial charge in [-0.25, -0.2) is 0 Å². The third kappa shape index (κ3) is 4.55. The predicted molar refractivity (Wildman–Crippen MR) is 145 cm³/mol. The summed E-state index contributed by atoms with van der Waals surface area (Å²) >= 11 is 0.